The van der Waals surface area contributed by atoms with Crippen LogP contribution < -0.4 is 10.6 Å². The van der Waals surface area contributed by atoms with Gasteiger partial charge in [-0.05, 0) is 44.5 Å². The molecule has 1 aromatic rings. The first kappa shape index (κ1) is 12.3. The molecule has 2 aliphatic rings. The Morgan fingerprint density at radius 2 is 2.05 bits per heavy atom. The summed E-state index contributed by atoms with van der Waals surface area (Å²) in [6.07, 6.45) is 3.83. The minimum absolute atomic E-state index is 0.569. The van der Waals surface area contributed by atoms with Crippen LogP contribution in [0.2, 0.25) is 0 Å². The van der Waals surface area contributed by atoms with Crippen LogP contribution in [0.25, 0.3) is 0 Å². The molecule has 4 nitrogen and oxygen atoms in total. The lowest BCUT2D eigenvalue weighted by Gasteiger charge is -2.27. The summed E-state index contributed by atoms with van der Waals surface area (Å²) in [5.41, 5.74) is 8.08. The number of fused-ring (bicyclic) bond motifs is 2. The van der Waals surface area contributed by atoms with Crippen LogP contribution in [0, 0.1) is 11.3 Å². The largest absolute Gasteiger partial charge is 0.398 e. The standard InChI is InChI=1S/C15H20N4/c1-18-12-2-3-14(18)10-19(7-6-12)13-4-5-15(17)11(8-13)9-16/h4-5,8,12,14H,2-3,6-7,10,17H2,1H3. The minimum atomic E-state index is 0.569. The maximum absolute atomic E-state index is 9.09. The van der Waals surface area contributed by atoms with Crippen molar-refractivity contribution < 1.29 is 0 Å². The van der Waals surface area contributed by atoms with Gasteiger partial charge in [0.1, 0.15) is 6.07 Å². The SMILES string of the molecule is CN1C2CCC1CN(c1ccc(N)c(C#N)c1)CC2. The molecule has 0 saturated carbocycles. The second-order valence-electron chi connectivity index (χ2n) is 5.67. The fourth-order valence-corrected chi connectivity index (χ4v) is 3.38. The second kappa shape index (κ2) is 4.75. The van der Waals surface area contributed by atoms with Gasteiger partial charge in [0.15, 0.2) is 0 Å². The molecule has 0 amide bonds. The summed E-state index contributed by atoms with van der Waals surface area (Å²) in [6, 6.07) is 9.36. The molecule has 2 heterocycles. The quantitative estimate of drug-likeness (QED) is 0.779. The molecule has 2 atom stereocenters. The smallest absolute Gasteiger partial charge is 0.101 e. The van der Waals surface area contributed by atoms with Crippen molar-refractivity contribution >= 4 is 11.4 Å². The van der Waals surface area contributed by atoms with E-state index in [1.165, 1.54) is 19.3 Å². The van der Waals surface area contributed by atoms with Gasteiger partial charge in [-0.3, -0.25) is 4.90 Å². The number of likely N-dealkylation sites (N-methyl/N-ethyl adjacent to an activating group) is 1. The van der Waals surface area contributed by atoms with Crippen LogP contribution in [0.3, 0.4) is 0 Å². The molecule has 2 saturated heterocycles. The van der Waals surface area contributed by atoms with Crippen LogP contribution >= 0.6 is 0 Å². The van der Waals surface area contributed by atoms with E-state index in [0.29, 0.717) is 17.3 Å². The van der Waals surface area contributed by atoms with Crippen molar-refractivity contribution in [2.45, 2.75) is 31.3 Å². The molecular formula is C15H20N4. The average molecular weight is 256 g/mol. The summed E-state index contributed by atoms with van der Waals surface area (Å²) in [5.74, 6) is 0. The number of hydrogen-bond acceptors (Lipinski definition) is 4. The van der Waals surface area contributed by atoms with E-state index in [4.69, 9.17) is 11.0 Å². The number of hydrogen-bond donors (Lipinski definition) is 1. The first-order chi connectivity index (χ1) is 9.19. The predicted octanol–water partition coefficient (Wildman–Crippen LogP) is 1.81. The molecule has 2 unspecified atom stereocenters. The van der Waals surface area contributed by atoms with Crippen molar-refractivity contribution in [3.05, 3.63) is 23.8 Å². The molecule has 100 valence electrons. The predicted molar refractivity (Wildman–Crippen MR) is 77.0 cm³/mol. The molecule has 2 N–H and O–H groups in total. The van der Waals surface area contributed by atoms with E-state index < -0.39 is 0 Å². The first-order valence-electron chi connectivity index (χ1n) is 6.95. The van der Waals surface area contributed by atoms with Crippen molar-refractivity contribution in [3.8, 4) is 6.07 Å². The van der Waals surface area contributed by atoms with Gasteiger partial charge in [-0.25, -0.2) is 0 Å². The van der Waals surface area contributed by atoms with Gasteiger partial charge in [-0.15, -0.1) is 0 Å². The van der Waals surface area contributed by atoms with Gasteiger partial charge >= 0.3 is 0 Å². The molecule has 3 rings (SSSR count). The van der Waals surface area contributed by atoms with Crippen molar-refractivity contribution in [3.63, 3.8) is 0 Å². The minimum Gasteiger partial charge on any atom is -0.398 e. The van der Waals surface area contributed by atoms with Crippen molar-refractivity contribution in [1.29, 1.82) is 5.26 Å². The van der Waals surface area contributed by atoms with E-state index >= 15 is 0 Å². The Kier molecular flexibility index (Phi) is 3.08. The van der Waals surface area contributed by atoms with E-state index in [9.17, 15) is 0 Å². The van der Waals surface area contributed by atoms with Crippen molar-refractivity contribution in [2.75, 3.05) is 30.8 Å². The highest BCUT2D eigenvalue weighted by atomic mass is 15.3. The van der Waals surface area contributed by atoms with Gasteiger partial charge in [0.05, 0.1) is 5.56 Å². The maximum atomic E-state index is 9.09. The molecular weight excluding hydrogens is 236 g/mol. The Hall–Kier alpha value is -1.73. The van der Waals surface area contributed by atoms with E-state index in [-0.39, 0.29) is 0 Å². The highest BCUT2D eigenvalue weighted by Gasteiger charge is 2.34. The number of nitriles is 1. The number of nitrogens with two attached hydrogens (primary N) is 1. The normalized spacial score (nSPS) is 27.1. The Morgan fingerprint density at radius 1 is 1.26 bits per heavy atom. The Morgan fingerprint density at radius 3 is 2.84 bits per heavy atom. The third kappa shape index (κ3) is 2.15. The fourth-order valence-electron chi connectivity index (χ4n) is 3.38. The van der Waals surface area contributed by atoms with Crippen LogP contribution in [0.5, 0.6) is 0 Å². The van der Waals surface area contributed by atoms with Crippen LogP contribution in [0.4, 0.5) is 11.4 Å². The van der Waals surface area contributed by atoms with Crippen molar-refractivity contribution in [1.82, 2.24) is 4.90 Å². The molecule has 4 heteroatoms. The molecule has 2 bridgehead atoms. The van der Waals surface area contributed by atoms with Gasteiger partial charge in [-0.2, -0.15) is 5.26 Å². The molecule has 2 fully saturated rings. The third-order valence-electron chi connectivity index (χ3n) is 4.67. The number of anilines is 2. The molecule has 0 aromatic heterocycles. The van der Waals surface area contributed by atoms with Gasteiger partial charge < -0.3 is 10.6 Å². The average Bonchev–Trinajstić information content (AvgIpc) is 2.64. The lowest BCUT2D eigenvalue weighted by Crippen LogP contribution is -2.36. The summed E-state index contributed by atoms with van der Waals surface area (Å²) < 4.78 is 0. The van der Waals surface area contributed by atoms with Gasteiger partial charge in [0.25, 0.3) is 0 Å². The summed E-state index contributed by atoms with van der Waals surface area (Å²) in [7, 11) is 2.25. The number of benzene rings is 1. The molecule has 1 aromatic carbocycles. The number of rotatable bonds is 1. The van der Waals surface area contributed by atoms with E-state index in [1.807, 2.05) is 18.2 Å². The third-order valence-corrected chi connectivity index (χ3v) is 4.67. The molecule has 19 heavy (non-hydrogen) atoms. The van der Waals surface area contributed by atoms with Crippen LogP contribution in [-0.4, -0.2) is 37.1 Å². The van der Waals surface area contributed by atoms with Crippen LogP contribution in [0.1, 0.15) is 24.8 Å². The summed E-state index contributed by atoms with van der Waals surface area (Å²) in [6.45, 7) is 2.13. The summed E-state index contributed by atoms with van der Waals surface area (Å²) in [4.78, 5) is 4.93. The van der Waals surface area contributed by atoms with E-state index in [0.717, 1.165) is 24.8 Å². The lowest BCUT2D eigenvalue weighted by molar-refractivity contribution is 0.254. The zero-order valence-corrected chi connectivity index (χ0v) is 11.3. The molecule has 0 spiro atoms. The van der Waals surface area contributed by atoms with Gasteiger partial charge in [-0.1, -0.05) is 0 Å². The first-order valence-corrected chi connectivity index (χ1v) is 6.95. The Balaban J connectivity index is 1.85. The topological polar surface area (TPSA) is 56.3 Å². The van der Waals surface area contributed by atoms with E-state index in [1.54, 1.807) is 0 Å². The Labute approximate surface area is 114 Å². The molecule has 0 aliphatic carbocycles. The summed E-state index contributed by atoms with van der Waals surface area (Å²) >= 11 is 0. The zero-order valence-electron chi connectivity index (χ0n) is 11.3. The van der Waals surface area contributed by atoms with Gasteiger partial charge in [0.2, 0.25) is 0 Å². The summed E-state index contributed by atoms with van der Waals surface area (Å²) in [5, 5.41) is 9.09. The van der Waals surface area contributed by atoms with Crippen LogP contribution in [0.15, 0.2) is 18.2 Å². The zero-order chi connectivity index (χ0) is 13.4. The lowest BCUT2D eigenvalue weighted by atomic mass is 10.1. The van der Waals surface area contributed by atoms with E-state index in [2.05, 4.69) is 22.9 Å². The second-order valence-corrected chi connectivity index (χ2v) is 5.67. The monoisotopic (exact) mass is 256 g/mol. The number of nitrogen functional groups attached to an aromatic ring is 1. The fraction of sp³-hybridized carbons (Fsp3) is 0.533. The number of nitrogens with zero attached hydrogens (tertiary/aromatic N) is 3. The van der Waals surface area contributed by atoms with Crippen molar-refractivity contribution in [2.24, 2.45) is 0 Å². The highest BCUT2D eigenvalue weighted by molar-refractivity contribution is 5.63. The van der Waals surface area contributed by atoms with Gasteiger partial charge in [0, 0.05) is 36.5 Å². The molecule has 0 radical (unpaired) electrons. The Bertz CT molecular complexity index is 519. The highest BCUT2D eigenvalue weighted by Crippen LogP contribution is 2.31. The molecule has 2 aliphatic heterocycles. The van der Waals surface area contributed by atoms with Crippen LogP contribution in [-0.2, 0) is 0 Å². The maximum Gasteiger partial charge on any atom is 0.101 e.